The molecule has 0 aliphatic heterocycles. The van der Waals surface area contributed by atoms with Gasteiger partial charge in [-0.3, -0.25) is 0 Å². The monoisotopic (exact) mass is 434 g/mol. The Bertz CT molecular complexity index is 1010. The molecule has 3 aromatic rings. The van der Waals surface area contributed by atoms with E-state index in [2.05, 4.69) is 5.10 Å². The minimum absolute atomic E-state index is 0.277. The highest BCUT2D eigenvalue weighted by atomic mass is 35.5. The quantitative estimate of drug-likeness (QED) is 0.467. The lowest BCUT2D eigenvalue weighted by Crippen LogP contribution is -2.12. The van der Waals surface area contributed by atoms with Gasteiger partial charge in [-0.25, -0.2) is 9.48 Å². The lowest BCUT2D eigenvalue weighted by molar-refractivity contribution is 0.0722. The third-order valence-corrected chi connectivity index (χ3v) is 4.90. The van der Waals surface area contributed by atoms with Crippen molar-refractivity contribution in [2.45, 2.75) is 19.8 Å². The number of methoxy groups -OCH3 is 2. The summed E-state index contributed by atoms with van der Waals surface area (Å²) in [6, 6.07) is 11.7. The first kappa shape index (κ1) is 21.0. The summed E-state index contributed by atoms with van der Waals surface area (Å²) in [6.45, 7) is 2.05. The Morgan fingerprint density at radius 1 is 1.00 bits per heavy atom. The van der Waals surface area contributed by atoms with Crippen LogP contribution in [0.3, 0.4) is 0 Å². The molecule has 8 heteroatoms. The van der Waals surface area contributed by atoms with Crippen molar-refractivity contribution in [1.82, 2.24) is 9.78 Å². The number of rotatable bonds is 7. The SMILES string of the molecule is CCCc1cc(OC(=O)c2cc(OC)cc(OC)c2)n(-c2ccc(Cl)c(Cl)c2)n1. The summed E-state index contributed by atoms with van der Waals surface area (Å²) in [5, 5.41) is 5.35. The molecule has 0 N–H and O–H groups in total. The van der Waals surface area contributed by atoms with E-state index in [-0.39, 0.29) is 5.88 Å². The highest BCUT2D eigenvalue weighted by Crippen LogP contribution is 2.29. The van der Waals surface area contributed by atoms with E-state index in [0.717, 1.165) is 18.5 Å². The first-order valence-electron chi connectivity index (χ1n) is 8.94. The predicted octanol–water partition coefficient (Wildman–Crippen LogP) is 5.37. The molecule has 0 aliphatic carbocycles. The maximum atomic E-state index is 12.8. The number of carbonyl (C=O) groups excluding carboxylic acids is 1. The van der Waals surface area contributed by atoms with Gasteiger partial charge < -0.3 is 14.2 Å². The molecule has 1 heterocycles. The fraction of sp³-hybridized carbons (Fsp3) is 0.238. The molecule has 0 saturated carbocycles. The van der Waals surface area contributed by atoms with Crippen molar-refractivity contribution in [3.05, 3.63) is 63.8 Å². The molecule has 0 amide bonds. The average Bonchev–Trinajstić information content (AvgIpc) is 3.12. The number of ether oxygens (including phenoxy) is 3. The zero-order valence-corrected chi connectivity index (χ0v) is 17.8. The van der Waals surface area contributed by atoms with Crippen molar-refractivity contribution in [3.8, 4) is 23.1 Å². The third kappa shape index (κ3) is 4.83. The van der Waals surface area contributed by atoms with Crippen LogP contribution in [0.15, 0.2) is 42.5 Å². The molecule has 1 aromatic heterocycles. The zero-order chi connectivity index (χ0) is 21.0. The van der Waals surface area contributed by atoms with E-state index in [1.165, 1.54) is 18.9 Å². The molecule has 0 aliphatic rings. The van der Waals surface area contributed by atoms with E-state index in [4.69, 9.17) is 37.4 Å². The first-order valence-corrected chi connectivity index (χ1v) is 9.70. The van der Waals surface area contributed by atoms with E-state index >= 15 is 0 Å². The van der Waals surface area contributed by atoms with Crippen LogP contribution in [0.2, 0.25) is 10.0 Å². The minimum atomic E-state index is -0.563. The summed E-state index contributed by atoms with van der Waals surface area (Å²) in [5.74, 6) is 0.687. The molecular formula is C21H20Cl2N2O4. The number of hydrogen-bond acceptors (Lipinski definition) is 5. The maximum absolute atomic E-state index is 12.8. The first-order chi connectivity index (χ1) is 13.9. The number of halogens is 2. The van der Waals surface area contributed by atoms with Gasteiger partial charge in [0.2, 0.25) is 5.88 Å². The van der Waals surface area contributed by atoms with Crippen molar-refractivity contribution in [2.75, 3.05) is 14.2 Å². The lowest BCUT2D eigenvalue weighted by Gasteiger charge is -2.10. The molecule has 2 aromatic carbocycles. The molecule has 0 radical (unpaired) electrons. The molecular weight excluding hydrogens is 415 g/mol. The molecule has 29 heavy (non-hydrogen) atoms. The van der Waals surface area contributed by atoms with Crippen molar-refractivity contribution in [3.63, 3.8) is 0 Å². The van der Waals surface area contributed by atoms with Gasteiger partial charge >= 0.3 is 5.97 Å². The Balaban J connectivity index is 1.97. The molecule has 0 unspecified atom stereocenters. The van der Waals surface area contributed by atoms with Crippen LogP contribution >= 0.6 is 23.2 Å². The second-order valence-electron chi connectivity index (χ2n) is 6.22. The van der Waals surface area contributed by atoms with Crippen LogP contribution in [0.1, 0.15) is 29.4 Å². The van der Waals surface area contributed by atoms with Crippen LogP contribution in [-0.4, -0.2) is 30.0 Å². The van der Waals surface area contributed by atoms with Gasteiger partial charge in [-0.15, -0.1) is 0 Å². The van der Waals surface area contributed by atoms with E-state index in [1.54, 1.807) is 42.5 Å². The summed E-state index contributed by atoms with van der Waals surface area (Å²) in [7, 11) is 3.03. The van der Waals surface area contributed by atoms with E-state index in [0.29, 0.717) is 32.8 Å². The number of carbonyl (C=O) groups is 1. The summed E-state index contributed by atoms with van der Waals surface area (Å²) in [5.41, 5.74) is 1.72. The van der Waals surface area contributed by atoms with Gasteiger partial charge in [0, 0.05) is 12.1 Å². The van der Waals surface area contributed by atoms with Gasteiger partial charge in [-0.2, -0.15) is 5.10 Å². The molecule has 0 atom stereocenters. The number of benzene rings is 2. The average molecular weight is 435 g/mol. The van der Waals surface area contributed by atoms with Crippen LogP contribution in [0.25, 0.3) is 5.69 Å². The highest BCUT2D eigenvalue weighted by Gasteiger charge is 2.18. The van der Waals surface area contributed by atoms with Crippen LogP contribution in [0, 0.1) is 0 Å². The molecule has 6 nitrogen and oxygen atoms in total. The molecule has 0 bridgehead atoms. The maximum Gasteiger partial charge on any atom is 0.345 e. The highest BCUT2D eigenvalue weighted by molar-refractivity contribution is 6.42. The van der Waals surface area contributed by atoms with Gasteiger partial charge in [0.25, 0.3) is 0 Å². The second-order valence-corrected chi connectivity index (χ2v) is 7.04. The van der Waals surface area contributed by atoms with Gasteiger partial charge in [0.1, 0.15) is 11.5 Å². The number of nitrogens with zero attached hydrogens (tertiary/aromatic N) is 2. The van der Waals surface area contributed by atoms with Crippen LogP contribution in [0.5, 0.6) is 17.4 Å². The zero-order valence-electron chi connectivity index (χ0n) is 16.2. The fourth-order valence-corrected chi connectivity index (χ4v) is 3.03. The Hall–Kier alpha value is -2.70. The molecule has 3 rings (SSSR count). The molecule has 0 spiro atoms. The summed E-state index contributed by atoms with van der Waals surface area (Å²) >= 11 is 12.2. The van der Waals surface area contributed by atoms with Crippen LogP contribution < -0.4 is 14.2 Å². The number of esters is 1. The third-order valence-electron chi connectivity index (χ3n) is 4.17. The van der Waals surface area contributed by atoms with Crippen molar-refractivity contribution >= 4 is 29.2 Å². The summed E-state index contributed by atoms with van der Waals surface area (Å²) in [4.78, 5) is 12.8. The molecule has 152 valence electrons. The normalized spacial score (nSPS) is 10.7. The van der Waals surface area contributed by atoms with Crippen LogP contribution in [0.4, 0.5) is 0 Å². The Labute approximate surface area is 178 Å². The van der Waals surface area contributed by atoms with Gasteiger partial charge in [0.05, 0.1) is 41.2 Å². The standard InChI is InChI=1S/C21H20Cl2N2O4/c1-4-5-14-10-20(25(24-14)15-6-7-18(22)19(23)11-15)29-21(26)13-8-16(27-2)12-17(9-13)28-3/h6-12H,4-5H2,1-3H3. The predicted molar refractivity (Wildman–Crippen MR) is 112 cm³/mol. The van der Waals surface area contributed by atoms with Gasteiger partial charge in [-0.1, -0.05) is 36.5 Å². The largest absolute Gasteiger partial charge is 0.497 e. The summed E-state index contributed by atoms with van der Waals surface area (Å²) in [6.07, 6.45) is 1.64. The second kappa shape index (κ2) is 9.20. The van der Waals surface area contributed by atoms with Crippen molar-refractivity contribution < 1.29 is 19.0 Å². The smallest absolute Gasteiger partial charge is 0.345 e. The van der Waals surface area contributed by atoms with Gasteiger partial charge in [-0.05, 0) is 36.8 Å². The van der Waals surface area contributed by atoms with Crippen molar-refractivity contribution in [1.29, 1.82) is 0 Å². The number of aromatic nitrogens is 2. The molecule has 0 fully saturated rings. The Morgan fingerprint density at radius 2 is 1.69 bits per heavy atom. The fourth-order valence-electron chi connectivity index (χ4n) is 2.74. The Kier molecular flexibility index (Phi) is 6.67. The minimum Gasteiger partial charge on any atom is -0.497 e. The van der Waals surface area contributed by atoms with E-state index in [1.807, 2.05) is 6.92 Å². The van der Waals surface area contributed by atoms with Gasteiger partial charge in [0.15, 0.2) is 0 Å². The van der Waals surface area contributed by atoms with E-state index in [9.17, 15) is 4.79 Å². The van der Waals surface area contributed by atoms with E-state index < -0.39 is 5.97 Å². The lowest BCUT2D eigenvalue weighted by atomic mass is 10.2. The van der Waals surface area contributed by atoms with Crippen LogP contribution in [-0.2, 0) is 6.42 Å². The number of aryl methyl sites for hydroxylation is 1. The summed E-state index contributed by atoms with van der Waals surface area (Å²) < 4.78 is 17.6. The van der Waals surface area contributed by atoms with Crippen molar-refractivity contribution in [2.24, 2.45) is 0 Å². The Morgan fingerprint density at radius 3 is 2.28 bits per heavy atom. The molecule has 0 saturated heterocycles. The topological polar surface area (TPSA) is 62.6 Å². The number of hydrogen-bond donors (Lipinski definition) is 0.